The lowest BCUT2D eigenvalue weighted by Gasteiger charge is -2.30. The van der Waals surface area contributed by atoms with Crippen molar-refractivity contribution in [2.75, 3.05) is 17.1 Å². The Morgan fingerprint density at radius 1 is 1.06 bits per heavy atom. The van der Waals surface area contributed by atoms with Crippen LogP contribution in [0.25, 0.3) is 0 Å². The van der Waals surface area contributed by atoms with Crippen molar-refractivity contribution in [2.45, 2.75) is 32.9 Å². The lowest BCUT2D eigenvalue weighted by Crippen LogP contribution is -2.38. The second kappa shape index (κ2) is 9.19. The molecule has 0 bridgehead atoms. The molecule has 2 amide bonds. The number of imide groups is 1. The molecule has 3 aromatic rings. The van der Waals surface area contributed by atoms with E-state index in [-0.39, 0.29) is 10.6 Å². The van der Waals surface area contributed by atoms with Gasteiger partial charge in [-0.3, -0.25) is 14.4 Å². The molecule has 3 atom stereocenters. The maximum absolute atomic E-state index is 14.0. The molecular formula is C26H22Cl2N2O5S. The number of amides is 2. The average molecular weight is 545 g/mol. The number of esters is 1. The van der Waals surface area contributed by atoms with Gasteiger partial charge in [-0.25, -0.2) is 14.8 Å². The van der Waals surface area contributed by atoms with Gasteiger partial charge in [-0.1, -0.05) is 47.5 Å². The number of benzene rings is 2. The van der Waals surface area contributed by atoms with E-state index < -0.39 is 35.8 Å². The quantitative estimate of drug-likeness (QED) is 0.304. The zero-order valence-electron chi connectivity index (χ0n) is 19.9. The van der Waals surface area contributed by atoms with Crippen molar-refractivity contribution < 1.29 is 24.0 Å². The van der Waals surface area contributed by atoms with Crippen LogP contribution >= 0.6 is 34.5 Å². The first-order valence-electron chi connectivity index (χ1n) is 11.2. The second-order valence-electron chi connectivity index (χ2n) is 8.74. The van der Waals surface area contributed by atoms with E-state index in [1.54, 1.807) is 30.2 Å². The number of nitrogens with zero attached hydrogens (tertiary/aromatic N) is 2. The molecule has 0 aliphatic carbocycles. The number of hydrogen-bond donors (Lipinski definition) is 0. The number of ether oxygens (including phenoxy) is 1. The molecule has 7 nitrogen and oxygen atoms in total. The van der Waals surface area contributed by atoms with Crippen LogP contribution in [0.5, 0.6) is 0 Å². The van der Waals surface area contributed by atoms with Crippen molar-refractivity contribution in [2.24, 2.45) is 5.92 Å². The maximum Gasteiger partial charge on any atom is 0.341 e. The normalized spacial score (nSPS) is 21.3. The molecule has 0 spiro atoms. The number of thiophene rings is 1. The first-order chi connectivity index (χ1) is 17.1. The van der Waals surface area contributed by atoms with Crippen molar-refractivity contribution in [3.8, 4) is 0 Å². The summed E-state index contributed by atoms with van der Waals surface area (Å²) in [5, 5.41) is 2.64. The molecule has 36 heavy (non-hydrogen) atoms. The highest BCUT2D eigenvalue weighted by Crippen LogP contribution is 2.51. The maximum atomic E-state index is 14.0. The topological polar surface area (TPSA) is 76.2 Å². The highest BCUT2D eigenvalue weighted by Gasteiger charge is 2.61. The second-order valence-corrected chi connectivity index (χ2v) is 10.8. The van der Waals surface area contributed by atoms with Gasteiger partial charge in [-0.15, -0.1) is 11.3 Å². The predicted molar refractivity (Wildman–Crippen MR) is 139 cm³/mol. The molecule has 2 aromatic carbocycles. The van der Waals surface area contributed by atoms with E-state index >= 15 is 0 Å². The fraction of sp³-hybridized carbons (Fsp3) is 0.269. The van der Waals surface area contributed by atoms with E-state index in [0.29, 0.717) is 26.9 Å². The molecule has 5 rings (SSSR count). The molecular weight excluding hydrogens is 523 g/mol. The van der Waals surface area contributed by atoms with Gasteiger partial charge in [0.2, 0.25) is 5.91 Å². The summed E-state index contributed by atoms with van der Waals surface area (Å²) >= 11 is 14.0. The van der Waals surface area contributed by atoms with Crippen molar-refractivity contribution >= 4 is 63.0 Å². The first-order valence-corrected chi connectivity index (χ1v) is 12.8. The van der Waals surface area contributed by atoms with Gasteiger partial charge in [-0.2, -0.15) is 0 Å². The van der Waals surface area contributed by atoms with E-state index in [4.69, 9.17) is 32.8 Å². The van der Waals surface area contributed by atoms with Crippen LogP contribution < -0.4 is 9.96 Å². The minimum absolute atomic E-state index is 0.207. The highest BCUT2D eigenvalue weighted by molar-refractivity contribution is 7.17. The number of hydrogen-bond acceptors (Lipinski definition) is 7. The van der Waals surface area contributed by atoms with E-state index in [2.05, 4.69) is 0 Å². The average Bonchev–Trinajstić information content (AvgIpc) is 3.44. The molecule has 10 heteroatoms. The van der Waals surface area contributed by atoms with Crippen LogP contribution in [0.4, 0.5) is 10.7 Å². The van der Waals surface area contributed by atoms with Gasteiger partial charge in [0.25, 0.3) is 5.91 Å². The van der Waals surface area contributed by atoms with E-state index in [1.807, 2.05) is 38.1 Å². The van der Waals surface area contributed by atoms with Crippen LogP contribution in [0, 0.1) is 26.7 Å². The number of carbonyl (C=O) groups excluding carboxylic acids is 3. The number of aryl methyl sites for hydroxylation is 2. The lowest BCUT2D eigenvalue weighted by molar-refractivity contribution is -0.126. The van der Waals surface area contributed by atoms with E-state index in [9.17, 15) is 14.4 Å². The Kier molecular flexibility index (Phi) is 6.32. The SMILES string of the molecule is COC(=O)c1c(N2C(=O)[C@H]3[C@@H](c4ccc(Cl)cc4Cl)N(c4ccccc4C)O[C@H]3C2=O)sc(C)c1C. The van der Waals surface area contributed by atoms with Crippen LogP contribution in [0.1, 0.15) is 38.0 Å². The molecule has 186 valence electrons. The summed E-state index contributed by atoms with van der Waals surface area (Å²) in [4.78, 5) is 48.4. The van der Waals surface area contributed by atoms with Gasteiger partial charge in [-0.05, 0) is 55.7 Å². The summed E-state index contributed by atoms with van der Waals surface area (Å²) in [5.41, 5.74) is 3.10. The zero-order chi connectivity index (χ0) is 25.9. The van der Waals surface area contributed by atoms with Crippen LogP contribution in [-0.2, 0) is 19.2 Å². The fourth-order valence-corrected chi connectivity index (χ4v) is 6.48. The molecule has 0 N–H and O–H groups in total. The van der Waals surface area contributed by atoms with Crippen molar-refractivity contribution in [3.63, 3.8) is 0 Å². The first kappa shape index (κ1) is 24.8. The number of methoxy groups -OCH3 is 1. The molecule has 0 radical (unpaired) electrons. The molecule has 2 fully saturated rings. The Hall–Kier alpha value is -2.91. The molecule has 0 unspecified atom stereocenters. The van der Waals surface area contributed by atoms with Crippen LogP contribution in [0.2, 0.25) is 10.0 Å². The Morgan fingerprint density at radius 2 is 1.78 bits per heavy atom. The molecule has 0 saturated carbocycles. The molecule has 2 aliphatic heterocycles. The van der Waals surface area contributed by atoms with Gasteiger partial charge in [0.15, 0.2) is 6.10 Å². The van der Waals surface area contributed by atoms with Crippen molar-refractivity contribution in [3.05, 3.63) is 79.6 Å². The molecule has 3 heterocycles. The number of anilines is 2. The van der Waals surface area contributed by atoms with Crippen molar-refractivity contribution in [1.82, 2.24) is 0 Å². The van der Waals surface area contributed by atoms with Gasteiger partial charge in [0.1, 0.15) is 10.9 Å². The number of fused-ring (bicyclic) bond motifs is 1. The largest absolute Gasteiger partial charge is 0.465 e. The van der Waals surface area contributed by atoms with E-state index in [1.165, 1.54) is 18.4 Å². The Balaban J connectivity index is 1.65. The van der Waals surface area contributed by atoms with Crippen LogP contribution in [0.3, 0.4) is 0 Å². The summed E-state index contributed by atoms with van der Waals surface area (Å²) in [5.74, 6) is -2.51. The summed E-state index contributed by atoms with van der Waals surface area (Å²) < 4.78 is 4.95. The van der Waals surface area contributed by atoms with Crippen LogP contribution in [-0.4, -0.2) is 31.0 Å². The smallest absolute Gasteiger partial charge is 0.341 e. The number of halogens is 2. The summed E-state index contributed by atoms with van der Waals surface area (Å²) in [6.07, 6.45) is -1.10. The third-order valence-electron chi connectivity index (χ3n) is 6.71. The number of hydroxylamine groups is 1. The summed E-state index contributed by atoms with van der Waals surface area (Å²) in [6, 6.07) is 11.9. The van der Waals surface area contributed by atoms with Gasteiger partial charge in [0, 0.05) is 14.9 Å². The third kappa shape index (κ3) is 3.71. The summed E-state index contributed by atoms with van der Waals surface area (Å²) in [7, 11) is 1.27. The fourth-order valence-electron chi connectivity index (χ4n) is 4.80. The Labute approximate surface area is 222 Å². The third-order valence-corrected chi connectivity index (χ3v) is 8.46. The number of para-hydroxylation sites is 1. The Morgan fingerprint density at radius 3 is 2.44 bits per heavy atom. The van der Waals surface area contributed by atoms with Gasteiger partial charge < -0.3 is 4.74 Å². The lowest BCUT2D eigenvalue weighted by atomic mass is 9.90. The minimum atomic E-state index is -1.10. The predicted octanol–water partition coefficient (Wildman–Crippen LogP) is 5.82. The van der Waals surface area contributed by atoms with E-state index in [0.717, 1.165) is 15.3 Å². The summed E-state index contributed by atoms with van der Waals surface area (Å²) in [6.45, 7) is 5.51. The number of carbonyl (C=O) groups is 3. The zero-order valence-corrected chi connectivity index (χ0v) is 22.2. The standard InChI is InChI=1S/C26H22Cl2N2O5S/c1-12-7-5-6-8-18(12)30-21(16-10-9-15(27)11-17(16)28)20-22(35-30)24(32)29(23(20)31)25-19(26(33)34-4)13(2)14(3)36-25/h5-11,20-22H,1-4H3/t20-,21+,22+/m0/s1. The monoisotopic (exact) mass is 544 g/mol. The molecule has 1 aromatic heterocycles. The van der Waals surface area contributed by atoms with Gasteiger partial charge in [0.05, 0.1) is 24.4 Å². The highest BCUT2D eigenvalue weighted by atomic mass is 35.5. The molecule has 2 saturated heterocycles. The van der Waals surface area contributed by atoms with Crippen LogP contribution in [0.15, 0.2) is 42.5 Å². The van der Waals surface area contributed by atoms with Gasteiger partial charge >= 0.3 is 5.97 Å². The van der Waals surface area contributed by atoms with Crippen molar-refractivity contribution in [1.29, 1.82) is 0 Å². The minimum Gasteiger partial charge on any atom is -0.465 e. The number of rotatable bonds is 4. The molecule has 2 aliphatic rings. The Bertz CT molecular complexity index is 1420.